The minimum absolute atomic E-state index is 0.340. The Bertz CT molecular complexity index is 1080. The van der Waals surface area contributed by atoms with Crippen molar-refractivity contribution in [1.29, 1.82) is 0 Å². The number of methoxy groups -OCH3 is 1. The molecular formula is C20H16N2O2. The number of nitrogens with zero attached hydrogens (tertiary/aromatic N) is 1. The molecule has 2 aromatic carbocycles. The maximum absolute atomic E-state index is 11.6. The zero-order chi connectivity index (χ0) is 16.7. The van der Waals surface area contributed by atoms with Gasteiger partial charge in [-0.15, -0.1) is 0 Å². The average Bonchev–Trinajstić information content (AvgIpc) is 3.03. The number of hydrogen-bond acceptors (Lipinski definition) is 3. The minimum atomic E-state index is -0.340. The monoisotopic (exact) mass is 316 g/mol. The van der Waals surface area contributed by atoms with E-state index in [4.69, 9.17) is 9.72 Å². The minimum Gasteiger partial charge on any atom is -0.465 e. The van der Waals surface area contributed by atoms with E-state index in [0.717, 1.165) is 33.1 Å². The van der Waals surface area contributed by atoms with Crippen LogP contribution in [0.1, 0.15) is 15.9 Å². The molecule has 118 valence electrons. The topological polar surface area (TPSA) is 55.0 Å². The lowest BCUT2D eigenvalue weighted by Crippen LogP contribution is -2.00. The van der Waals surface area contributed by atoms with Crippen LogP contribution < -0.4 is 0 Å². The van der Waals surface area contributed by atoms with Crippen molar-refractivity contribution in [3.8, 4) is 11.3 Å². The van der Waals surface area contributed by atoms with Gasteiger partial charge in [0.15, 0.2) is 0 Å². The fourth-order valence-corrected chi connectivity index (χ4v) is 2.97. The smallest absolute Gasteiger partial charge is 0.337 e. The van der Waals surface area contributed by atoms with Crippen molar-refractivity contribution in [1.82, 2.24) is 9.97 Å². The molecule has 0 saturated carbocycles. The van der Waals surface area contributed by atoms with E-state index in [2.05, 4.69) is 30.1 Å². The summed E-state index contributed by atoms with van der Waals surface area (Å²) in [5.74, 6) is -0.340. The molecular weight excluding hydrogens is 300 g/mol. The fraction of sp³-hybridized carbons (Fsp3) is 0.100. The van der Waals surface area contributed by atoms with Crippen molar-refractivity contribution in [3.05, 3.63) is 65.9 Å². The Balaban J connectivity index is 1.83. The summed E-state index contributed by atoms with van der Waals surface area (Å²) in [7, 11) is 1.38. The number of carbonyl (C=O) groups is 1. The summed E-state index contributed by atoms with van der Waals surface area (Å²) in [6.07, 6.45) is 1.99. The Labute approximate surface area is 139 Å². The molecule has 0 bridgehead atoms. The predicted molar refractivity (Wildman–Crippen MR) is 95.1 cm³/mol. The fourth-order valence-electron chi connectivity index (χ4n) is 2.97. The molecule has 1 N–H and O–H groups in total. The van der Waals surface area contributed by atoms with Gasteiger partial charge < -0.3 is 9.72 Å². The van der Waals surface area contributed by atoms with Crippen molar-refractivity contribution in [2.75, 3.05) is 7.11 Å². The average molecular weight is 316 g/mol. The van der Waals surface area contributed by atoms with Crippen LogP contribution in [-0.2, 0) is 4.74 Å². The highest BCUT2D eigenvalue weighted by molar-refractivity contribution is 5.97. The van der Waals surface area contributed by atoms with Crippen LogP contribution in [0.4, 0.5) is 0 Å². The van der Waals surface area contributed by atoms with Crippen molar-refractivity contribution in [2.45, 2.75) is 6.92 Å². The van der Waals surface area contributed by atoms with Crippen molar-refractivity contribution >= 4 is 27.8 Å². The lowest BCUT2D eigenvalue weighted by Gasteiger charge is -2.04. The van der Waals surface area contributed by atoms with Gasteiger partial charge in [0.2, 0.25) is 0 Å². The number of hydrogen-bond donors (Lipinski definition) is 1. The van der Waals surface area contributed by atoms with Crippen molar-refractivity contribution < 1.29 is 9.53 Å². The van der Waals surface area contributed by atoms with Crippen LogP contribution >= 0.6 is 0 Å². The van der Waals surface area contributed by atoms with Gasteiger partial charge in [-0.2, -0.15) is 0 Å². The number of H-pyrrole nitrogens is 1. The largest absolute Gasteiger partial charge is 0.465 e. The van der Waals surface area contributed by atoms with Crippen LogP contribution in [0.2, 0.25) is 0 Å². The summed E-state index contributed by atoms with van der Waals surface area (Å²) < 4.78 is 4.76. The first-order chi connectivity index (χ1) is 11.7. The molecule has 4 rings (SSSR count). The van der Waals surface area contributed by atoms with Crippen molar-refractivity contribution in [3.63, 3.8) is 0 Å². The Kier molecular flexibility index (Phi) is 3.31. The third-order valence-electron chi connectivity index (χ3n) is 4.22. The number of benzene rings is 2. The Morgan fingerprint density at radius 3 is 2.79 bits per heavy atom. The van der Waals surface area contributed by atoms with Gasteiger partial charge in [-0.1, -0.05) is 18.2 Å². The number of ether oxygens (including phenoxy) is 1. The number of carbonyl (C=O) groups excluding carboxylic acids is 1. The number of rotatable bonds is 2. The third kappa shape index (κ3) is 2.33. The first-order valence-electron chi connectivity index (χ1n) is 7.73. The predicted octanol–water partition coefficient (Wildman–Crippen LogP) is 4.48. The number of aryl methyl sites for hydroxylation is 1. The molecule has 2 aromatic heterocycles. The van der Waals surface area contributed by atoms with E-state index in [1.54, 1.807) is 12.1 Å². The van der Waals surface area contributed by atoms with E-state index >= 15 is 0 Å². The van der Waals surface area contributed by atoms with Gasteiger partial charge in [-0.3, -0.25) is 0 Å². The van der Waals surface area contributed by atoms with E-state index in [0.29, 0.717) is 5.56 Å². The number of esters is 1. The van der Waals surface area contributed by atoms with Crippen LogP contribution in [0, 0.1) is 6.92 Å². The molecule has 2 heterocycles. The molecule has 4 aromatic rings. The molecule has 0 saturated heterocycles. The number of nitrogens with one attached hydrogen (secondary N) is 1. The summed E-state index contributed by atoms with van der Waals surface area (Å²) in [5.41, 5.74) is 5.68. The molecule has 0 fully saturated rings. The molecule has 4 nitrogen and oxygen atoms in total. The summed E-state index contributed by atoms with van der Waals surface area (Å²) in [6, 6.07) is 15.7. The Morgan fingerprint density at radius 1 is 1.08 bits per heavy atom. The van der Waals surface area contributed by atoms with Gasteiger partial charge in [0.1, 0.15) is 0 Å². The summed E-state index contributed by atoms with van der Waals surface area (Å²) in [6.45, 7) is 2.08. The maximum Gasteiger partial charge on any atom is 0.337 e. The maximum atomic E-state index is 11.6. The molecule has 0 unspecified atom stereocenters. The normalized spacial score (nSPS) is 11.1. The summed E-state index contributed by atoms with van der Waals surface area (Å²) >= 11 is 0. The van der Waals surface area contributed by atoms with Crippen molar-refractivity contribution in [2.24, 2.45) is 0 Å². The first-order valence-corrected chi connectivity index (χ1v) is 7.73. The Morgan fingerprint density at radius 2 is 1.96 bits per heavy atom. The molecule has 0 aliphatic carbocycles. The number of aromatic nitrogens is 2. The number of pyridine rings is 1. The SMILES string of the molecule is COC(=O)c1ccc2nc(-c3c[nH]c4cc(C)ccc34)ccc2c1. The molecule has 24 heavy (non-hydrogen) atoms. The number of aromatic amines is 1. The van der Waals surface area contributed by atoms with Crippen LogP contribution in [0.15, 0.2) is 54.7 Å². The quantitative estimate of drug-likeness (QED) is 0.555. The van der Waals surface area contributed by atoms with Gasteiger partial charge in [0.25, 0.3) is 0 Å². The second-order valence-electron chi connectivity index (χ2n) is 5.85. The summed E-state index contributed by atoms with van der Waals surface area (Å²) in [5, 5.41) is 2.07. The second-order valence-corrected chi connectivity index (χ2v) is 5.85. The van der Waals surface area contributed by atoms with E-state index < -0.39 is 0 Å². The zero-order valence-electron chi connectivity index (χ0n) is 13.5. The van der Waals surface area contributed by atoms with Gasteiger partial charge in [0, 0.05) is 28.0 Å². The van der Waals surface area contributed by atoms with Crippen LogP contribution in [-0.4, -0.2) is 23.0 Å². The molecule has 0 aliphatic rings. The third-order valence-corrected chi connectivity index (χ3v) is 4.22. The van der Waals surface area contributed by atoms with E-state index in [1.165, 1.54) is 12.7 Å². The number of fused-ring (bicyclic) bond motifs is 2. The Hall–Kier alpha value is -3.14. The second kappa shape index (κ2) is 5.49. The lowest BCUT2D eigenvalue weighted by molar-refractivity contribution is 0.0601. The lowest BCUT2D eigenvalue weighted by atomic mass is 10.1. The summed E-state index contributed by atoms with van der Waals surface area (Å²) in [4.78, 5) is 19.7. The van der Waals surface area contributed by atoms with Gasteiger partial charge >= 0.3 is 5.97 Å². The standard InChI is InChI=1S/C20H16N2O2/c1-12-3-6-15-16(11-21-19(15)9-12)18-8-4-13-10-14(20(23)24-2)5-7-17(13)22-18/h3-11,21H,1-2H3. The highest BCUT2D eigenvalue weighted by Crippen LogP contribution is 2.29. The molecule has 0 aliphatic heterocycles. The highest BCUT2D eigenvalue weighted by atomic mass is 16.5. The molecule has 0 spiro atoms. The zero-order valence-corrected chi connectivity index (χ0v) is 13.5. The van der Waals surface area contributed by atoms with Crippen LogP contribution in [0.5, 0.6) is 0 Å². The van der Waals surface area contributed by atoms with E-state index in [9.17, 15) is 4.79 Å². The molecule has 4 heteroatoms. The van der Waals surface area contributed by atoms with Crippen LogP contribution in [0.25, 0.3) is 33.1 Å². The highest BCUT2D eigenvalue weighted by Gasteiger charge is 2.10. The first kappa shape index (κ1) is 14.5. The van der Waals surface area contributed by atoms with E-state index in [-0.39, 0.29) is 5.97 Å². The van der Waals surface area contributed by atoms with E-state index in [1.807, 2.05) is 24.4 Å². The molecule has 0 radical (unpaired) electrons. The van der Waals surface area contributed by atoms with Gasteiger partial charge in [-0.25, -0.2) is 9.78 Å². The van der Waals surface area contributed by atoms with Gasteiger partial charge in [-0.05, 0) is 42.8 Å². The molecule has 0 atom stereocenters. The van der Waals surface area contributed by atoms with Gasteiger partial charge in [0.05, 0.1) is 23.9 Å². The van der Waals surface area contributed by atoms with Crippen LogP contribution in [0.3, 0.4) is 0 Å². The molecule has 0 amide bonds.